The Kier molecular flexibility index (Phi) is 5.03. The highest BCUT2D eigenvalue weighted by molar-refractivity contribution is 5.24. The molecule has 2 unspecified atom stereocenters. The zero-order valence-corrected chi connectivity index (χ0v) is 13.1. The van der Waals surface area contributed by atoms with Crippen molar-refractivity contribution in [1.29, 1.82) is 0 Å². The predicted molar refractivity (Wildman–Crippen MR) is 77.8 cm³/mol. The summed E-state index contributed by atoms with van der Waals surface area (Å²) in [4.78, 5) is 0. The first kappa shape index (κ1) is 15.3. The summed E-state index contributed by atoms with van der Waals surface area (Å²) in [6.07, 6.45) is 2.41. The van der Waals surface area contributed by atoms with E-state index in [9.17, 15) is 0 Å². The molecule has 0 amide bonds. The second-order valence-corrected chi connectivity index (χ2v) is 6.82. The SMILES string of the molecule is CNC(CC(C)CC(C)(C)C)c1cc(C)oc1C. The molecule has 0 bridgehead atoms. The molecule has 0 radical (unpaired) electrons. The number of hydrogen-bond acceptors (Lipinski definition) is 2. The lowest BCUT2D eigenvalue weighted by molar-refractivity contribution is 0.278. The molecule has 1 aromatic rings. The number of hydrogen-bond donors (Lipinski definition) is 1. The van der Waals surface area contributed by atoms with E-state index < -0.39 is 0 Å². The maximum atomic E-state index is 5.64. The molecule has 0 aliphatic heterocycles. The van der Waals surface area contributed by atoms with Crippen molar-refractivity contribution in [2.24, 2.45) is 11.3 Å². The summed E-state index contributed by atoms with van der Waals surface area (Å²) in [5, 5.41) is 3.43. The second kappa shape index (κ2) is 5.92. The van der Waals surface area contributed by atoms with E-state index in [-0.39, 0.29) is 0 Å². The van der Waals surface area contributed by atoms with Gasteiger partial charge >= 0.3 is 0 Å². The maximum Gasteiger partial charge on any atom is 0.105 e. The van der Waals surface area contributed by atoms with Gasteiger partial charge in [0.05, 0.1) is 0 Å². The van der Waals surface area contributed by atoms with E-state index in [2.05, 4.69) is 46.0 Å². The van der Waals surface area contributed by atoms with Crippen LogP contribution in [0.25, 0.3) is 0 Å². The maximum absolute atomic E-state index is 5.64. The van der Waals surface area contributed by atoms with E-state index in [4.69, 9.17) is 4.42 Å². The number of furan rings is 1. The molecule has 2 nitrogen and oxygen atoms in total. The number of nitrogens with one attached hydrogen (secondary N) is 1. The lowest BCUT2D eigenvalue weighted by atomic mass is 9.82. The largest absolute Gasteiger partial charge is 0.466 e. The van der Waals surface area contributed by atoms with E-state index in [1.807, 2.05) is 14.0 Å². The first-order valence-corrected chi connectivity index (χ1v) is 6.97. The Balaban J connectivity index is 2.71. The fourth-order valence-electron chi connectivity index (χ4n) is 2.93. The molecule has 0 aliphatic rings. The third kappa shape index (κ3) is 4.49. The van der Waals surface area contributed by atoms with Crippen LogP contribution in [0.2, 0.25) is 0 Å². The van der Waals surface area contributed by atoms with Crippen LogP contribution in [0.3, 0.4) is 0 Å². The Labute approximate surface area is 112 Å². The average molecular weight is 251 g/mol. The molecule has 1 rings (SSSR count). The molecular formula is C16H29NO. The fraction of sp³-hybridized carbons (Fsp3) is 0.750. The Morgan fingerprint density at radius 1 is 1.28 bits per heavy atom. The van der Waals surface area contributed by atoms with Gasteiger partial charge in [-0.15, -0.1) is 0 Å². The molecule has 18 heavy (non-hydrogen) atoms. The minimum absolute atomic E-state index is 0.402. The summed E-state index contributed by atoms with van der Waals surface area (Å²) in [5.41, 5.74) is 1.72. The molecule has 104 valence electrons. The van der Waals surface area contributed by atoms with Gasteiger partial charge in [-0.1, -0.05) is 27.7 Å². The molecule has 0 spiro atoms. The summed E-state index contributed by atoms with van der Waals surface area (Å²) in [6.45, 7) is 13.3. The number of aryl methyl sites for hydroxylation is 2. The van der Waals surface area contributed by atoms with Crippen molar-refractivity contribution in [3.8, 4) is 0 Å². The summed E-state index contributed by atoms with van der Waals surface area (Å²) in [7, 11) is 2.04. The molecule has 1 N–H and O–H groups in total. The standard InChI is InChI=1S/C16H29NO/c1-11(10-16(4,5)6)8-15(17-7)14-9-12(2)18-13(14)3/h9,11,15,17H,8,10H2,1-7H3. The Morgan fingerprint density at radius 3 is 2.28 bits per heavy atom. The number of rotatable bonds is 5. The van der Waals surface area contributed by atoms with Gasteiger partial charge in [0.1, 0.15) is 11.5 Å². The zero-order chi connectivity index (χ0) is 13.9. The van der Waals surface area contributed by atoms with Crippen molar-refractivity contribution >= 4 is 0 Å². The first-order valence-electron chi connectivity index (χ1n) is 6.97. The molecule has 1 aromatic heterocycles. The smallest absolute Gasteiger partial charge is 0.105 e. The van der Waals surface area contributed by atoms with Gasteiger partial charge in [-0.3, -0.25) is 0 Å². The molecule has 0 saturated carbocycles. The summed E-state index contributed by atoms with van der Waals surface area (Å²) < 4.78 is 5.64. The van der Waals surface area contributed by atoms with Crippen molar-refractivity contribution in [3.63, 3.8) is 0 Å². The van der Waals surface area contributed by atoms with Gasteiger partial charge in [0.2, 0.25) is 0 Å². The van der Waals surface area contributed by atoms with Crippen LogP contribution >= 0.6 is 0 Å². The van der Waals surface area contributed by atoms with Gasteiger partial charge in [-0.2, -0.15) is 0 Å². The van der Waals surface area contributed by atoms with Crippen molar-refractivity contribution in [2.45, 2.75) is 60.4 Å². The van der Waals surface area contributed by atoms with Crippen molar-refractivity contribution in [3.05, 3.63) is 23.2 Å². The topological polar surface area (TPSA) is 25.2 Å². The van der Waals surface area contributed by atoms with E-state index in [1.165, 1.54) is 12.0 Å². The minimum Gasteiger partial charge on any atom is -0.466 e. The average Bonchev–Trinajstić information content (AvgIpc) is 2.51. The van der Waals surface area contributed by atoms with Gasteiger partial charge in [-0.25, -0.2) is 0 Å². The van der Waals surface area contributed by atoms with Gasteiger partial charge < -0.3 is 9.73 Å². The normalized spacial score (nSPS) is 15.7. The fourth-order valence-corrected chi connectivity index (χ4v) is 2.93. The lowest BCUT2D eigenvalue weighted by Crippen LogP contribution is -2.21. The van der Waals surface area contributed by atoms with Crippen LogP contribution in [0.4, 0.5) is 0 Å². The highest BCUT2D eigenvalue weighted by Crippen LogP contribution is 2.32. The van der Waals surface area contributed by atoms with E-state index in [0.717, 1.165) is 17.9 Å². The minimum atomic E-state index is 0.402. The van der Waals surface area contributed by atoms with E-state index in [1.54, 1.807) is 0 Å². The van der Waals surface area contributed by atoms with Gasteiger partial charge in [0.25, 0.3) is 0 Å². The van der Waals surface area contributed by atoms with Crippen molar-refractivity contribution in [1.82, 2.24) is 5.32 Å². The molecule has 0 saturated heterocycles. The Bertz CT molecular complexity index is 373. The summed E-state index contributed by atoms with van der Waals surface area (Å²) >= 11 is 0. The van der Waals surface area contributed by atoms with Crippen molar-refractivity contribution < 1.29 is 4.42 Å². The summed E-state index contributed by atoms with van der Waals surface area (Å²) in [5.74, 6) is 2.76. The summed E-state index contributed by atoms with van der Waals surface area (Å²) in [6, 6.07) is 2.57. The van der Waals surface area contributed by atoms with Gasteiger partial charge in [-0.05, 0) is 51.1 Å². The van der Waals surface area contributed by atoms with Crippen LogP contribution in [0.15, 0.2) is 10.5 Å². The lowest BCUT2D eigenvalue weighted by Gasteiger charge is -2.26. The van der Waals surface area contributed by atoms with E-state index in [0.29, 0.717) is 17.4 Å². The highest BCUT2D eigenvalue weighted by Gasteiger charge is 2.21. The third-order valence-corrected chi connectivity index (χ3v) is 3.40. The van der Waals surface area contributed by atoms with Crippen LogP contribution in [0, 0.1) is 25.2 Å². The molecule has 0 fully saturated rings. The molecule has 2 heteroatoms. The second-order valence-electron chi connectivity index (χ2n) is 6.82. The molecule has 0 aliphatic carbocycles. The molecule has 1 heterocycles. The van der Waals surface area contributed by atoms with Gasteiger partial charge in [0.15, 0.2) is 0 Å². The third-order valence-electron chi connectivity index (χ3n) is 3.40. The van der Waals surface area contributed by atoms with Crippen LogP contribution in [-0.2, 0) is 0 Å². The van der Waals surface area contributed by atoms with Crippen LogP contribution in [-0.4, -0.2) is 7.05 Å². The molecular weight excluding hydrogens is 222 g/mol. The van der Waals surface area contributed by atoms with Crippen molar-refractivity contribution in [2.75, 3.05) is 7.05 Å². The monoisotopic (exact) mass is 251 g/mol. The first-order chi connectivity index (χ1) is 8.23. The Morgan fingerprint density at radius 2 is 1.89 bits per heavy atom. The zero-order valence-electron chi connectivity index (χ0n) is 13.1. The highest BCUT2D eigenvalue weighted by atomic mass is 16.3. The van der Waals surface area contributed by atoms with Crippen LogP contribution < -0.4 is 5.32 Å². The quantitative estimate of drug-likeness (QED) is 0.826. The van der Waals surface area contributed by atoms with Crippen LogP contribution in [0.5, 0.6) is 0 Å². The Hall–Kier alpha value is -0.760. The molecule has 2 atom stereocenters. The van der Waals surface area contributed by atoms with E-state index >= 15 is 0 Å². The van der Waals surface area contributed by atoms with Crippen LogP contribution in [0.1, 0.15) is 63.7 Å². The predicted octanol–water partition coefficient (Wildman–Crippen LogP) is 4.62. The van der Waals surface area contributed by atoms with Gasteiger partial charge in [0, 0.05) is 11.6 Å². The molecule has 0 aromatic carbocycles.